The van der Waals surface area contributed by atoms with E-state index in [9.17, 15) is 22.7 Å². The molecule has 1 aliphatic heterocycles. The van der Waals surface area contributed by atoms with Crippen LogP contribution < -0.4 is 10.1 Å². The number of allylic oxidation sites excluding steroid dienone is 1. The molecule has 1 saturated heterocycles. The van der Waals surface area contributed by atoms with E-state index >= 15 is 0 Å². The minimum Gasteiger partial charge on any atom is -0.508 e. The Balaban J connectivity index is 1.45. The second-order valence-electron chi connectivity index (χ2n) is 10.2. The summed E-state index contributed by atoms with van der Waals surface area (Å²) in [4.78, 5) is 2.28. The molecule has 0 spiro atoms. The number of aryl methyl sites for hydroxylation is 1. The van der Waals surface area contributed by atoms with E-state index in [1.165, 1.54) is 12.1 Å². The Morgan fingerprint density at radius 2 is 1.69 bits per heavy atom. The monoisotopic (exact) mass is 540 g/mol. The molecule has 1 heterocycles. The van der Waals surface area contributed by atoms with Gasteiger partial charge in [0.25, 0.3) is 0 Å². The summed E-state index contributed by atoms with van der Waals surface area (Å²) in [5, 5.41) is 13.7. The van der Waals surface area contributed by atoms with Crippen LogP contribution in [0.1, 0.15) is 47.9 Å². The highest BCUT2D eigenvalue weighted by atomic mass is 19.4. The highest BCUT2D eigenvalue weighted by Crippen LogP contribution is 2.41. The van der Waals surface area contributed by atoms with Gasteiger partial charge in [0.2, 0.25) is 0 Å². The summed E-state index contributed by atoms with van der Waals surface area (Å²) in [7, 11) is 0. The molecule has 3 aromatic carbocycles. The number of phenols is 1. The molecule has 0 aromatic heterocycles. The van der Waals surface area contributed by atoms with Crippen molar-refractivity contribution in [2.45, 2.75) is 44.5 Å². The fraction of sp³-hybridized carbons (Fsp3) is 0.355. The van der Waals surface area contributed by atoms with E-state index < -0.39 is 6.36 Å². The zero-order chi connectivity index (χ0) is 27.4. The second kappa shape index (κ2) is 11.7. The number of aromatic hydroxyl groups is 1. The Hall–Kier alpha value is -3.52. The molecule has 0 radical (unpaired) electrons. The van der Waals surface area contributed by atoms with E-state index in [1.54, 1.807) is 24.3 Å². The Kier molecular flexibility index (Phi) is 8.12. The van der Waals surface area contributed by atoms with E-state index in [-0.39, 0.29) is 18.2 Å². The third kappa shape index (κ3) is 6.74. The van der Waals surface area contributed by atoms with E-state index in [0.717, 1.165) is 84.4 Å². The highest BCUT2D eigenvalue weighted by Gasteiger charge is 2.31. The summed E-state index contributed by atoms with van der Waals surface area (Å²) in [6.45, 7) is 2.34. The van der Waals surface area contributed by atoms with Gasteiger partial charge in [0.05, 0.1) is 6.67 Å². The Morgan fingerprint density at radius 1 is 0.949 bits per heavy atom. The number of benzene rings is 3. The van der Waals surface area contributed by atoms with Gasteiger partial charge in [0, 0.05) is 31.4 Å². The molecule has 1 atom stereocenters. The first-order valence-electron chi connectivity index (χ1n) is 13.4. The fourth-order valence-corrected chi connectivity index (χ4v) is 5.66. The molecule has 2 N–H and O–H groups in total. The van der Waals surface area contributed by atoms with Gasteiger partial charge >= 0.3 is 6.36 Å². The molecule has 1 fully saturated rings. The summed E-state index contributed by atoms with van der Waals surface area (Å²) in [6, 6.07) is 20.0. The van der Waals surface area contributed by atoms with Crippen LogP contribution in [0.25, 0.3) is 11.1 Å². The maximum absolute atomic E-state index is 12.7. The van der Waals surface area contributed by atoms with E-state index in [2.05, 4.69) is 39.2 Å². The van der Waals surface area contributed by atoms with Crippen molar-refractivity contribution in [2.24, 2.45) is 0 Å². The van der Waals surface area contributed by atoms with E-state index in [4.69, 9.17) is 0 Å². The SMILES string of the molecule is Oc1ccc2c(c1)CCCC(c1ccc(OC(F)(F)F)cc1)=C2c1ccc(N[C@H]2CCN(CCCF)C2)cc1. The lowest BCUT2D eigenvalue weighted by molar-refractivity contribution is -0.274. The van der Waals surface area contributed by atoms with Crippen molar-refractivity contribution >= 4 is 16.8 Å². The predicted molar refractivity (Wildman–Crippen MR) is 146 cm³/mol. The van der Waals surface area contributed by atoms with Crippen molar-refractivity contribution in [1.82, 2.24) is 4.90 Å². The van der Waals surface area contributed by atoms with Gasteiger partial charge in [-0.2, -0.15) is 0 Å². The number of likely N-dealkylation sites (tertiary alicyclic amines) is 1. The number of hydrogen-bond acceptors (Lipinski definition) is 4. The lowest BCUT2D eigenvalue weighted by Crippen LogP contribution is -2.27. The van der Waals surface area contributed by atoms with Crippen LogP contribution in [-0.4, -0.2) is 48.7 Å². The molecule has 4 nitrogen and oxygen atoms in total. The number of rotatable bonds is 8. The number of alkyl halides is 4. The summed E-state index contributed by atoms with van der Waals surface area (Å²) in [5.41, 5.74) is 6.94. The van der Waals surface area contributed by atoms with Crippen molar-refractivity contribution < 1.29 is 27.4 Å². The van der Waals surface area contributed by atoms with Crippen molar-refractivity contribution in [3.8, 4) is 11.5 Å². The molecule has 0 unspecified atom stereocenters. The first kappa shape index (κ1) is 27.1. The van der Waals surface area contributed by atoms with E-state index in [1.807, 2.05) is 6.07 Å². The van der Waals surface area contributed by atoms with Crippen molar-refractivity contribution in [3.63, 3.8) is 0 Å². The van der Waals surface area contributed by atoms with Crippen LogP contribution in [0.15, 0.2) is 66.7 Å². The van der Waals surface area contributed by atoms with Crippen molar-refractivity contribution in [2.75, 3.05) is 31.6 Å². The lowest BCUT2D eigenvalue weighted by Gasteiger charge is -2.19. The van der Waals surface area contributed by atoms with Crippen LogP contribution in [0.2, 0.25) is 0 Å². The van der Waals surface area contributed by atoms with Crippen LogP contribution >= 0.6 is 0 Å². The zero-order valence-electron chi connectivity index (χ0n) is 21.6. The average Bonchev–Trinajstić information content (AvgIpc) is 3.26. The standard InChI is InChI=1S/C31H32F4N2O2/c32-16-2-17-37-18-15-25(20-37)36-24-9-5-22(6-10-24)30-28(4-1-3-23-19-26(38)11-14-29(23)30)21-7-12-27(13-8-21)39-31(33,34)35/h5-14,19,25,36,38H,1-4,15-18,20H2/t25-/m0/s1. The summed E-state index contributed by atoms with van der Waals surface area (Å²) >= 11 is 0. The van der Waals surface area contributed by atoms with Crippen LogP contribution in [0.3, 0.4) is 0 Å². The molecule has 2 aliphatic rings. The second-order valence-corrected chi connectivity index (χ2v) is 10.2. The lowest BCUT2D eigenvalue weighted by atomic mass is 9.87. The minimum atomic E-state index is -4.74. The van der Waals surface area contributed by atoms with Crippen molar-refractivity contribution in [1.29, 1.82) is 0 Å². The fourth-order valence-electron chi connectivity index (χ4n) is 5.66. The number of fused-ring (bicyclic) bond motifs is 1. The molecule has 0 amide bonds. The molecule has 39 heavy (non-hydrogen) atoms. The maximum Gasteiger partial charge on any atom is 0.573 e. The van der Waals surface area contributed by atoms with Gasteiger partial charge in [0.15, 0.2) is 0 Å². The Labute approximate surface area is 225 Å². The molecule has 206 valence electrons. The van der Waals surface area contributed by atoms with Gasteiger partial charge in [-0.15, -0.1) is 13.2 Å². The summed E-state index contributed by atoms with van der Waals surface area (Å²) < 4.78 is 54.7. The number of phenolic OH excluding ortho intramolecular Hbond substituents is 1. The summed E-state index contributed by atoms with van der Waals surface area (Å²) in [6.07, 6.45) is -0.801. The molecule has 1 aliphatic carbocycles. The third-order valence-electron chi connectivity index (χ3n) is 7.39. The first-order chi connectivity index (χ1) is 18.8. The number of halogens is 4. The number of nitrogens with zero attached hydrogens (tertiary/aromatic N) is 1. The normalized spacial score (nSPS) is 18.1. The van der Waals surface area contributed by atoms with Gasteiger partial charge in [-0.25, -0.2) is 0 Å². The number of anilines is 1. The highest BCUT2D eigenvalue weighted by molar-refractivity contribution is 6.00. The summed E-state index contributed by atoms with van der Waals surface area (Å²) in [5.74, 6) is -0.0418. The van der Waals surface area contributed by atoms with Crippen LogP contribution in [0.4, 0.5) is 23.2 Å². The van der Waals surface area contributed by atoms with Gasteiger partial charge in [0.1, 0.15) is 11.5 Å². The maximum atomic E-state index is 12.7. The number of ether oxygens (including phenoxy) is 1. The first-order valence-corrected chi connectivity index (χ1v) is 13.4. The Bertz CT molecular complexity index is 1300. The van der Waals surface area contributed by atoms with Crippen LogP contribution in [0, 0.1) is 0 Å². The Morgan fingerprint density at radius 3 is 2.41 bits per heavy atom. The van der Waals surface area contributed by atoms with E-state index in [0.29, 0.717) is 12.5 Å². The quantitative estimate of drug-likeness (QED) is 0.292. The minimum absolute atomic E-state index is 0.210. The van der Waals surface area contributed by atoms with Gasteiger partial charge in [-0.05, 0) is 102 Å². The molecule has 5 rings (SSSR count). The molecule has 3 aromatic rings. The zero-order valence-corrected chi connectivity index (χ0v) is 21.6. The molecular weight excluding hydrogens is 508 g/mol. The van der Waals surface area contributed by atoms with Crippen LogP contribution in [-0.2, 0) is 6.42 Å². The molecule has 0 bridgehead atoms. The average molecular weight is 541 g/mol. The molecule has 8 heteroatoms. The molecule has 0 saturated carbocycles. The van der Waals surface area contributed by atoms with Gasteiger partial charge < -0.3 is 20.1 Å². The topological polar surface area (TPSA) is 44.7 Å². The van der Waals surface area contributed by atoms with Gasteiger partial charge in [-0.1, -0.05) is 30.3 Å². The number of nitrogens with one attached hydrogen (secondary N) is 1. The number of hydrogen-bond donors (Lipinski definition) is 2. The predicted octanol–water partition coefficient (Wildman–Crippen LogP) is 7.43. The van der Waals surface area contributed by atoms with Gasteiger partial charge in [-0.3, -0.25) is 4.39 Å². The smallest absolute Gasteiger partial charge is 0.508 e. The van der Waals surface area contributed by atoms with Crippen molar-refractivity contribution in [3.05, 3.63) is 89.0 Å². The van der Waals surface area contributed by atoms with Crippen LogP contribution in [0.5, 0.6) is 11.5 Å². The largest absolute Gasteiger partial charge is 0.573 e. The molecular formula is C31H32F4N2O2. The third-order valence-corrected chi connectivity index (χ3v) is 7.39.